The first-order valence-corrected chi connectivity index (χ1v) is 12.7. The number of fused-ring (bicyclic) bond motifs is 1. The first-order valence-electron chi connectivity index (χ1n) is 10.2. The van der Waals surface area contributed by atoms with Gasteiger partial charge in [0, 0.05) is 59.3 Å². The Balaban J connectivity index is 1.57. The highest BCUT2D eigenvalue weighted by atomic mass is 32.2. The second kappa shape index (κ2) is 8.93. The van der Waals surface area contributed by atoms with Gasteiger partial charge in [-0.3, -0.25) is 8.78 Å². The number of aromatic nitrogens is 5. The molecule has 0 radical (unpaired) electrons. The molecule has 1 fully saturated rings. The van der Waals surface area contributed by atoms with Crippen LogP contribution in [0.15, 0.2) is 46.4 Å². The molecule has 4 heterocycles. The molecule has 1 saturated heterocycles. The lowest BCUT2D eigenvalue weighted by molar-refractivity contribution is 0.0852. The molecule has 0 aliphatic carbocycles. The molecule has 4 aromatic rings. The van der Waals surface area contributed by atoms with Crippen molar-refractivity contribution >= 4 is 50.8 Å². The largest absolute Gasteiger partial charge is 0.381 e. The Kier molecular flexibility index (Phi) is 5.85. The predicted octanol–water partition coefficient (Wildman–Crippen LogP) is 3.37. The van der Waals surface area contributed by atoms with Crippen LogP contribution in [-0.2, 0) is 15.5 Å². The fourth-order valence-electron chi connectivity index (χ4n) is 3.73. The maximum atomic E-state index is 11.7. The Morgan fingerprint density at radius 2 is 1.97 bits per heavy atom. The molecule has 1 atom stereocenters. The zero-order chi connectivity index (χ0) is 22.1. The summed E-state index contributed by atoms with van der Waals surface area (Å²) in [5.41, 5.74) is 3.97. The molecule has 11 heteroatoms. The van der Waals surface area contributed by atoms with E-state index in [1.165, 1.54) is 11.3 Å². The Labute approximate surface area is 192 Å². The van der Waals surface area contributed by atoms with Crippen molar-refractivity contribution < 1.29 is 8.95 Å². The summed E-state index contributed by atoms with van der Waals surface area (Å²) in [6.45, 7) is 1.48. The van der Waals surface area contributed by atoms with Crippen LogP contribution in [0.3, 0.4) is 0 Å². The van der Waals surface area contributed by atoms with E-state index in [1.54, 1.807) is 18.1 Å². The van der Waals surface area contributed by atoms with Gasteiger partial charge in [-0.25, -0.2) is 9.97 Å². The van der Waals surface area contributed by atoms with E-state index >= 15 is 0 Å². The Morgan fingerprint density at radius 3 is 2.66 bits per heavy atom. The highest BCUT2D eigenvalue weighted by molar-refractivity contribution is 7.84. The van der Waals surface area contributed by atoms with Gasteiger partial charge in [-0.15, -0.1) is 11.3 Å². The van der Waals surface area contributed by atoms with Gasteiger partial charge in [0.25, 0.3) is 0 Å². The Bertz CT molecular complexity index is 1240. The van der Waals surface area contributed by atoms with E-state index in [1.807, 2.05) is 41.3 Å². The molecular weight excluding hydrogens is 446 g/mol. The van der Waals surface area contributed by atoms with E-state index in [0.717, 1.165) is 42.5 Å². The third kappa shape index (κ3) is 4.10. The number of benzene rings is 1. The van der Waals surface area contributed by atoms with Gasteiger partial charge < -0.3 is 15.0 Å². The molecule has 166 valence electrons. The fourth-order valence-corrected chi connectivity index (χ4v) is 4.77. The number of nitrogens with one attached hydrogen (secondary N) is 1. The van der Waals surface area contributed by atoms with E-state index in [2.05, 4.69) is 20.2 Å². The summed E-state index contributed by atoms with van der Waals surface area (Å²) in [5.74, 6) is 2.01. The molecule has 32 heavy (non-hydrogen) atoms. The molecule has 9 nitrogen and oxygen atoms in total. The molecule has 5 rings (SSSR count). The van der Waals surface area contributed by atoms with E-state index in [4.69, 9.17) is 14.7 Å². The molecule has 0 saturated carbocycles. The maximum Gasteiger partial charge on any atom is 0.229 e. The second-order valence-corrected chi connectivity index (χ2v) is 9.66. The van der Waals surface area contributed by atoms with Crippen LogP contribution in [0, 0.1) is 0 Å². The lowest BCUT2D eigenvalue weighted by Crippen LogP contribution is -2.37. The van der Waals surface area contributed by atoms with Gasteiger partial charge in [0.15, 0.2) is 22.8 Å². The molecule has 3 aromatic heterocycles. The number of thiazole rings is 1. The van der Waals surface area contributed by atoms with Crippen molar-refractivity contribution in [3.05, 3.63) is 41.5 Å². The van der Waals surface area contributed by atoms with Crippen molar-refractivity contribution in [1.82, 2.24) is 24.5 Å². The average Bonchev–Trinajstić information content (AvgIpc) is 3.49. The average molecular weight is 470 g/mol. The van der Waals surface area contributed by atoms with Gasteiger partial charge in [0.2, 0.25) is 5.95 Å². The van der Waals surface area contributed by atoms with Crippen molar-refractivity contribution in [2.24, 2.45) is 0 Å². The van der Waals surface area contributed by atoms with E-state index in [0.29, 0.717) is 29.0 Å². The van der Waals surface area contributed by atoms with Crippen LogP contribution in [-0.4, -0.2) is 61.3 Å². The van der Waals surface area contributed by atoms with Crippen molar-refractivity contribution in [2.45, 2.75) is 23.8 Å². The fraction of sp³-hybridized carbons (Fsp3) is 0.333. The quantitative estimate of drug-likeness (QED) is 0.459. The van der Waals surface area contributed by atoms with Crippen LogP contribution in [0.1, 0.15) is 12.8 Å². The number of hydrogen-bond donors (Lipinski definition) is 1. The van der Waals surface area contributed by atoms with Crippen LogP contribution in [0.2, 0.25) is 0 Å². The minimum atomic E-state index is -1.02. The molecule has 1 unspecified atom stereocenters. The van der Waals surface area contributed by atoms with Gasteiger partial charge in [0.1, 0.15) is 6.33 Å². The topological polar surface area (TPSA) is 98.1 Å². The summed E-state index contributed by atoms with van der Waals surface area (Å²) in [6, 6.07) is 7.79. The third-order valence-corrected chi connectivity index (χ3v) is 7.06. The highest BCUT2D eigenvalue weighted by Crippen LogP contribution is 2.29. The van der Waals surface area contributed by atoms with Gasteiger partial charge in [-0.05, 0) is 37.1 Å². The lowest BCUT2D eigenvalue weighted by atomic mass is 10.1. The van der Waals surface area contributed by atoms with Crippen LogP contribution >= 0.6 is 11.3 Å². The summed E-state index contributed by atoms with van der Waals surface area (Å²) in [4.78, 5) is 21.6. The normalized spacial score (nSPS) is 15.7. The number of hydrogen-bond acceptors (Lipinski definition) is 9. The molecule has 1 aliphatic heterocycles. The van der Waals surface area contributed by atoms with Crippen molar-refractivity contribution in [3.63, 3.8) is 0 Å². The second-order valence-electron chi connectivity index (χ2n) is 7.56. The van der Waals surface area contributed by atoms with Gasteiger partial charge >= 0.3 is 0 Å². The molecular formula is C21H23N7O2S2. The molecule has 0 bridgehead atoms. The lowest BCUT2D eigenvalue weighted by Gasteiger charge is -2.31. The summed E-state index contributed by atoms with van der Waals surface area (Å²) in [7, 11) is 0.999. The Hall–Kier alpha value is -2.89. The van der Waals surface area contributed by atoms with Gasteiger partial charge in [0.05, 0.1) is 5.51 Å². The summed E-state index contributed by atoms with van der Waals surface area (Å²) in [5, 5.41) is 5.33. The zero-order valence-corrected chi connectivity index (χ0v) is 19.4. The minimum Gasteiger partial charge on any atom is -0.381 e. The number of imidazole rings is 1. The summed E-state index contributed by atoms with van der Waals surface area (Å²) < 4.78 is 19.1. The minimum absolute atomic E-state index is 0.309. The van der Waals surface area contributed by atoms with Gasteiger partial charge in [-0.1, -0.05) is 0 Å². The van der Waals surface area contributed by atoms with Crippen LogP contribution in [0.25, 0.3) is 17.0 Å². The van der Waals surface area contributed by atoms with Crippen LogP contribution in [0.5, 0.6) is 0 Å². The molecule has 1 N–H and O–H groups in total. The third-order valence-electron chi connectivity index (χ3n) is 5.55. The van der Waals surface area contributed by atoms with Crippen LogP contribution in [0.4, 0.5) is 17.5 Å². The smallest absolute Gasteiger partial charge is 0.229 e. The number of anilines is 3. The molecule has 0 amide bonds. The standard InChI is InChI=1S/C21H23N7O2S2/c1-27(15-7-9-30-10-8-15)21-25-19(24-14-3-5-16(6-4-14)32(2)29)18-20(26-21)28(12-22-18)17-11-31-13-23-17/h3-6,11-13,15H,7-10H2,1-2H3,(H,24,25,26). The number of ether oxygens (including phenoxy) is 1. The van der Waals surface area contributed by atoms with Crippen molar-refractivity contribution in [1.29, 1.82) is 0 Å². The first-order chi connectivity index (χ1) is 15.6. The molecule has 1 aromatic carbocycles. The zero-order valence-electron chi connectivity index (χ0n) is 17.8. The van der Waals surface area contributed by atoms with E-state index < -0.39 is 10.8 Å². The number of rotatable bonds is 6. The van der Waals surface area contributed by atoms with Crippen LogP contribution < -0.4 is 10.2 Å². The van der Waals surface area contributed by atoms with Gasteiger partial charge in [-0.2, -0.15) is 9.97 Å². The Morgan fingerprint density at radius 1 is 1.19 bits per heavy atom. The van der Waals surface area contributed by atoms with Crippen molar-refractivity contribution in [3.8, 4) is 5.82 Å². The van der Waals surface area contributed by atoms with E-state index in [9.17, 15) is 4.21 Å². The highest BCUT2D eigenvalue weighted by Gasteiger charge is 2.23. The first kappa shape index (κ1) is 21.0. The summed E-state index contributed by atoms with van der Waals surface area (Å²) >= 11 is 1.52. The SMILES string of the molecule is CN(c1nc(Nc2ccc(S(C)=O)cc2)c2ncn(-c3cscn3)c2n1)C1CCOCC1. The molecule has 0 spiro atoms. The molecule has 1 aliphatic rings. The maximum absolute atomic E-state index is 11.7. The monoisotopic (exact) mass is 469 g/mol. The number of nitrogens with zero attached hydrogens (tertiary/aromatic N) is 6. The summed E-state index contributed by atoms with van der Waals surface area (Å²) in [6.07, 6.45) is 5.25. The van der Waals surface area contributed by atoms with E-state index in [-0.39, 0.29) is 0 Å². The predicted molar refractivity (Wildman–Crippen MR) is 127 cm³/mol. The van der Waals surface area contributed by atoms with Crippen molar-refractivity contribution in [2.75, 3.05) is 36.7 Å².